The Morgan fingerprint density at radius 1 is 1.25 bits per heavy atom. The van der Waals surface area contributed by atoms with E-state index in [0.29, 0.717) is 6.54 Å². The van der Waals surface area contributed by atoms with Gasteiger partial charge in [-0.25, -0.2) is 0 Å². The molecule has 4 N–H and O–H groups in total. The van der Waals surface area contributed by atoms with Gasteiger partial charge in [-0.3, -0.25) is 0 Å². The maximum atomic E-state index is 5.77. The zero-order chi connectivity index (χ0) is 9.40. The predicted molar refractivity (Wildman–Crippen MR) is 50.8 cm³/mol. The van der Waals surface area contributed by atoms with E-state index in [1.165, 1.54) is 0 Å². The molecule has 4 nitrogen and oxygen atoms in total. The van der Waals surface area contributed by atoms with Crippen molar-refractivity contribution in [3.05, 3.63) is 0 Å². The molecule has 1 radical (unpaired) electrons. The van der Waals surface area contributed by atoms with Gasteiger partial charge in [0.05, 0.1) is 0 Å². The molecule has 0 bridgehead atoms. The molecule has 1 unspecified atom stereocenters. The summed E-state index contributed by atoms with van der Waals surface area (Å²) in [5, 5.41) is 0. The fraction of sp³-hybridized carbons (Fsp3) is 1.00. The first-order valence-electron chi connectivity index (χ1n) is 4.14. The molecule has 0 aliphatic carbocycles. The van der Waals surface area contributed by atoms with Crippen LogP contribution in [-0.2, 0) is 8.85 Å². The van der Waals surface area contributed by atoms with Gasteiger partial charge in [-0.05, 0) is 25.4 Å². The van der Waals surface area contributed by atoms with Crippen LogP contribution in [0.1, 0.15) is 12.8 Å². The average molecular weight is 191 g/mol. The van der Waals surface area contributed by atoms with Gasteiger partial charge in [0, 0.05) is 20.3 Å². The van der Waals surface area contributed by atoms with Crippen molar-refractivity contribution >= 4 is 9.28 Å². The van der Waals surface area contributed by atoms with Crippen molar-refractivity contribution in [1.82, 2.24) is 0 Å². The quantitative estimate of drug-likeness (QED) is 0.548. The molecular formula is C7H19N2O2Si. The van der Waals surface area contributed by atoms with Crippen LogP contribution in [0.2, 0.25) is 6.04 Å². The SMILES string of the molecule is CO[Si](CCC(N)CCN)OC. The fourth-order valence-corrected chi connectivity index (χ4v) is 2.13. The van der Waals surface area contributed by atoms with E-state index in [2.05, 4.69) is 0 Å². The van der Waals surface area contributed by atoms with Crippen molar-refractivity contribution in [3.8, 4) is 0 Å². The lowest BCUT2D eigenvalue weighted by molar-refractivity contribution is 0.275. The van der Waals surface area contributed by atoms with Crippen molar-refractivity contribution in [1.29, 1.82) is 0 Å². The van der Waals surface area contributed by atoms with Crippen LogP contribution >= 0.6 is 0 Å². The molecule has 0 aromatic rings. The number of hydrogen-bond donors (Lipinski definition) is 2. The molecule has 0 saturated carbocycles. The predicted octanol–water partition coefficient (Wildman–Crippen LogP) is -0.166. The molecule has 5 heteroatoms. The van der Waals surface area contributed by atoms with Crippen molar-refractivity contribution in [2.75, 3.05) is 20.8 Å². The highest BCUT2D eigenvalue weighted by molar-refractivity contribution is 6.44. The second-order valence-corrected chi connectivity index (χ2v) is 4.72. The Labute approximate surface area is 76.1 Å². The minimum atomic E-state index is -1.06. The number of rotatable bonds is 7. The molecule has 0 heterocycles. The fourth-order valence-electron chi connectivity index (χ4n) is 0.949. The summed E-state index contributed by atoms with van der Waals surface area (Å²) in [5.41, 5.74) is 11.1. The first kappa shape index (κ1) is 12.1. The molecule has 0 saturated heterocycles. The third-order valence-corrected chi connectivity index (χ3v) is 3.32. The van der Waals surface area contributed by atoms with E-state index in [9.17, 15) is 0 Å². The highest BCUT2D eigenvalue weighted by Gasteiger charge is 2.13. The van der Waals surface area contributed by atoms with Crippen LogP contribution in [-0.4, -0.2) is 36.1 Å². The third kappa shape index (κ3) is 5.67. The van der Waals surface area contributed by atoms with Gasteiger partial charge in [0.1, 0.15) is 0 Å². The molecule has 73 valence electrons. The molecule has 0 spiro atoms. The Hall–Kier alpha value is 0.0569. The molecule has 0 rings (SSSR count). The second-order valence-electron chi connectivity index (χ2n) is 2.66. The van der Waals surface area contributed by atoms with E-state index >= 15 is 0 Å². The number of nitrogens with two attached hydrogens (primary N) is 2. The van der Waals surface area contributed by atoms with E-state index in [1.54, 1.807) is 14.2 Å². The minimum Gasteiger partial charge on any atom is -0.397 e. The highest BCUT2D eigenvalue weighted by Crippen LogP contribution is 2.03. The van der Waals surface area contributed by atoms with Gasteiger partial charge in [0.15, 0.2) is 0 Å². The second kappa shape index (κ2) is 7.69. The van der Waals surface area contributed by atoms with Gasteiger partial charge in [-0.15, -0.1) is 0 Å². The van der Waals surface area contributed by atoms with E-state index in [1.807, 2.05) is 0 Å². The van der Waals surface area contributed by atoms with Crippen molar-refractivity contribution < 1.29 is 8.85 Å². The van der Waals surface area contributed by atoms with Crippen LogP contribution in [0.4, 0.5) is 0 Å². The van der Waals surface area contributed by atoms with Crippen LogP contribution < -0.4 is 11.5 Å². The zero-order valence-electron chi connectivity index (χ0n) is 7.88. The van der Waals surface area contributed by atoms with Crippen molar-refractivity contribution in [2.24, 2.45) is 11.5 Å². The Bertz CT molecular complexity index is 101. The van der Waals surface area contributed by atoms with Gasteiger partial charge < -0.3 is 20.3 Å². The van der Waals surface area contributed by atoms with E-state index in [0.717, 1.165) is 18.9 Å². The smallest absolute Gasteiger partial charge is 0.384 e. The summed E-state index contributed by atoms with van der Waals surface area (Å²) >= 11 is 0. The van der Waals surface area contributed by atoms with Gasteiger partial charge in [0.25, 0.3) is 0 Å². The molecule has 1 atom stereocenters. The van der Waals surface area contributed by atoms with Gasteiger partial charge in [-0.1, -0.05) is 0 Å². The van der Waals surface area contributed by atoms with Crippen molar-refractivity contribution in [2.45, 2.75) is 24.9 Å². The zero-order valence-corrected chi connectivity index (χ0v) is 8.88. The topological polar surface area (TPSA) is 70.5 Å². The highest BCUT2D eigenvalue weighted by atomic mass is 28.3. The Balaban J connectivity index is 3.37. The average Bonchev–Trinajstić information content (AvgIpc) is 2.07. The molecular weight excluding hydrogens is 172 g/mol. The lowest BCUT2D eigenvalue weighted by Gasteiger charge is -2.12. The van der Waals surface area contributed by atoms with Crippen molar-refractivity contribution in [3.63, 3.8) is 0 Å². The molecule has 0 fully saturated rings. The van der Waals surface area contributed by atoms with E-state index in [-0.39, 0.29) is 6.04 Å². The molecule has 0 amide bonds. The van der Waals surface area contributed by atoms with Crippen LogP contribution in [0.25, 0.3) is 0 Å². The standard InChI is InChI=1S/C7H19N2O2Si/c1-10-12(11-2)6-4-7(9)3-5-8/h7H,3-6,8-9H2,1-2H3. The summed E-state index contributed by atoms with van der Waals surface area (Å²) in [5.74, 6) is 0. The molecule has 0 aliphatic rings. The summed E-state index contributed by atoms with van der Waals surface area (Å²) < 4.78 is 10.2. The maximum absolute atomic E-state index is 5.77. The Kier molecular flexibility index (Phi) is 7.73. The van der Waals surface area contributed by atoms with E-state index < -0.39 is 9.28 Å². The van der Waals surface area contributed by atoms with E-state index in [4.69, 9.17) is 20.3 Å². The van der Waals surface area contributed by atoms with Crippen LogP contribution in [0.3, 0.4) is 0 Å². The van der Waals surface area contributed by atoms with Crippen LogP contribution in [0.15, 0.2) is 0 Å². The summed E-state index contributed by atoms with van der Waals surface area (Å²) in [6.45, 7) is 0.656. The Morgan fingerprint density at radius 2 is 1.83 bits per heavy atom. The van der Waals surface area contributed by atoms with Gasteiger partial charge >= 0.3 is 9.28 Å². The minimum absolute atomic E-state index is 0.195. The first-order valence-corrected chi connectivity index (χ1v) is 5.66. The van der Waals surface area contributed by atoms with Gasteiger partial charge in [0.2, 0.25) is 0 Å². The molecule has 0 aromatic carbocycles. The molecule has 0 aliphatic heterocycles. The third-order valence-electron chi connectivity index (χ3n) is 1.71. The lowest BCUT2D eigenvalue weighted by Crippen LogP contribution is -2.27. The van der Waals surface area contributed by atoms with Gasteiger partial charge in [-0.2, -0.15) is 0 Å². The van der Waals surface area contributed by atoms with Crippen LogP contribution in [0, 0.1) is 0 Å². The summed E-state index contributed by atoms with van der Waals surface area (Å²) in [6, 6.07) is 1.12. The molecule has 0 aromatic heterocycles. The Morgan fingerprint density at radius 3 is 2.25 bits per heavy atom. The lowest BCUT2D eigenvalue weighted by atomic mass is 10.2. The monoisotopic (exact) mass is 191 g/mol. The van der Waals surface area contributed by atoms with Crippen LogP contribution in [0.5, 0.6) is 0 Å². The first-order chi connectivity index (χ1) is 5.74. The summed E-state index contributed by atoms with van der Waals surface area (Å²) in [7, 11) is 2.29. The summed E-state index contributed by atoms with van der Waals surface area (Å²) in [6.07, 6.45) is 1.82. The summed E-state index contributed by atoms with van der Waals surface area (Å²) in [4.78, 5) is 0. The molecule has 12 heavy (non-hydrogen) atoms. The number of hydrogen-bond acceptors (Lipinski definition) is 4. The normalized spacial score (nSPS) is 13.8. The maximum Gasteiger partial charge on any atom is 0.384 e. The largest absolute Gasteiger partial charge is 0.397 e.